The topological polar surface area (TPSA) is 53.9 Å². The summed E-state index contributed by atoms with van der Waals surface area (Å²) in [6.07, 6.45) is 7.46. The third-order valence-corrected chi connectivity index (χ3v) is 3.63. The van der Waals surface area contributed by atoms with Crippen molar-refractivity contribution in [3.63, 3.8) is 0 Å². The van der Waals surface area contributed by atoms with Gasteiger partial charge < -0.3 is 15.3 Å². The maximum atomic E-state index is 9.12. The van der Waals surface area contributed by atoms with Crippen LogP contribution in [0.3, 0.4) is 0 Å². The molecule has 1 aliphatic rings. The summed E-state index contributed by atoms with van der Waals surface area (Å²) in [4.78, 5) is 0. The van der Waals surface area contributed by atoms with Crippen molar-refractivity contribution in [3.05, 3.63) is 11.8 Å². The molecule has 0 unspecified atom stereocenters. The molecule has 116 valence electrons. The molecule has 0 radical (unpaired) electrons. The van der Waals surface area contributed by atoms with Crippen molar-refractivity contribution in [1.29, 1.82) is 0 Å². The van der Waals surface area contributed by atoms with Gasteiger partial charge in [-0.15, -0.1) is 0 Å². The molecule has 1 aliphatic carbocycles. The lowest BCUT2D eigenvalue weighted by Gasteiger charge is -2.26. The minimum absolute atomic E-state index is 0.204. The van der Waals surface area contributed by atoms with Crippen molar-refractivity contribution in [3.8, 4) is 0 Å². The molecule has 0 saturated heterocycles. The molecule has 0 bridgehead atoms. The minimum Gasteiger partial charge on any atom is -0.495 e. The number of allylic oxidation sites excluding steroid dienone is 2. The van der Waals surface area contributed by atoms with E-state index in [1.165, 1.54) is 0 Å². The molecule has 1 saturated carbocycles. The highest BCUT2D eigenvalue weighted by Crippen LogP contribution is 2.23. The molecule has 0 atom stereocenters. The number of nitrogens with zero attached hydrogens (tertiary/aromatic N) is 1. The molecule has 0 aromatic heterocycles. The Morgan fingerprint density at radius 3 is 2.50 bits per heavy atom. The first-order valence-electron chi connectivity index (χ1n) is 7.83. The van der Waals surface area contributed by atoms with E-state index < -0.39 is 0 Å². The van der Waals surface area contributed by atoms with E-state index in [0.29, 0.717) is 18.6 Å². The van der Waals surface area contributed by atoms with Crippen molar-refractivity contribution in [2.75, 3.05) is 6.61 Å². The number of ether oxygens (including phenoxy) is 1. The van der Waals surface area contributed by atoms with Crippen LogP contribution >= 0.6 is 0 Å². The molecule has 0 spiro atoms. The van der Waals surface area contributed by atoms with E-state index in [0.717, 1.165) is 43.6 Å². The number of hydrogen-bond acceptors (Lipinski definition) is 4. The fourth-order valence-corrected chi connectivity index (χ4v) is 2.45. The fraction of sp³-hybridized carbons (Fsp3) is 0.812. The van der Waals surface area contributed by atoms with E-state index >= 15 is 0 Å². The van der Waals surface area contributed by atoms with Crippen LogP contribution in [-0.2, 0) is 4.74 Å². The second kappa shape index (κ2) is 9.01. The normalized spacial score (nSPS) is 24.9. The van der Waals surface area contributed by atoms with Crippen LogP contribution in [0.1, 0.15) is 59.8 Å². The van der Waals surface area contributed by atoms with E-state index in [4.69, 9.17) is 9.84 Å². The fourth-order valence-electron chi connectivity index (χ4n) is 2.45. The number of rotatable bonds is 7. The van der Waals surface area contributed by atoms with E-state index in [1.54, 1.807) is 0 Å². The first-order valence-corrected chi connectivity index (χ1v) is 7.83. The largest absolute Gasteiger partial charge is 0.495 e. The molecule has 0 aromatic rings. The van der Waals surface area contributed by atoms with Gasteiger partial charge in [0.2, 0.25) is 0 Å². The number of nitrogens with one attached hydrogen (secondary N) is 1. The average molecular weight is 282 g/mol. The first kappa shape index (κ1) is 17.0. The number of aliphatic hydroxyl groups excluding tert-OH is 1. The zero-order valence-electron chi connectivity index (χ0n) is 13.4. The van der Waals surface area contributed by atoms with Crippen LogP contribution < -0.4 is 5.43 Å². The summed E-state index contributed by atoms with van der Waals surface area (Å²) in [5.74, 6) is 1.47. The molecule has 0 aromatic carbocycles. The van der Waals surface area contributed by atoms with Gasteiger partial charge in [-0.3, -0.25) is 0 Å². The molecule has 20 heavy (non-hydrogen) atoms. The monoisotopic (exact) mass is 282 g/mol. The van der Waals surface area contributed by atoms with Crippen LogP contribution in [0.25, 0.3) is 0 Å². The van der Waals surface area contributed by atoms with Gasteiger partial charge in [0.05, 0.1) is 17.6 Å². The van der Waals surface area contributed by atoms with Crippen molar-refractivity contribution in [1.82, 2.24) is 5.43 Å². The molecule has 1 rings (SSSR count). The second-order valence-corrected chi connectivity index (χ2v) is 5.91. The Balaban J connectivity index is 2.43. The summed E-state index contributed by atoms with van der Waals surface area (Å²) >= 11 is 0. The van der Waals surface area contributed by atoms with Gasteiger partial charge in [0, 0.05) is 19.1 Å². The molecule has 2 N–H and O–H groups in total. The molecular formula is C16H30N2O2. The molecule has 4 nitrogen and oxygen atoms in total. The summed E-state index contributed by atoms with van der Waals surface area (Å²) in [6, 6.07) is 0.442. The summed E-state index contributed by atoms with van der Waals surface area (Å²) in [5.41, 5.74) is 4.21. The lowest BCUT2D eigenvalue weighted by Crippen LogP contribution is -2.31. The Bertz CT molecular complexity index is 329. The lowest BCUT2D eigenvalue weighted by atomic mass is 9.87. The van der Waals surface area contributed by atoms with Crippen LogP contribution in [-0.4, -0.2) is 29.6 Å². The van der Waals surface area contributed by atoms with Gasteiger partial charge in [-0.05, 0) is 58.4 Å². The first-order chi connectivity index (χ1) is 9.55. The number of aliphatic hydroxyl groups is 1. The number of hydrazone groups is 1. The van der Waals surface area contributed by atoms with Gasteiger partial charge in [-0.2, -0.15) is 5.10 Å². The second-order valence-electron chi connectivity index (χ2n) is 5.91. The SMILES string of the molecule is CC/C(=C\C(C)=N\N[C@H]1CC[C@H](CO)CC1)OC(C)C. The Morgan fingerprint density at radius 2 is 2.00 bits per heavy atom. The van der Waals surface area contributed by atoms with Gasteiger partial charge >= 0.3 is 0 Å². The summed E-state index contributed by atoms with van der Waals surface area (Å²) in [7, 11) is 0. The summed E-state index contributed by atoms with van der Waals surface area (Å²) in [6.45, 7) is 8.47. The van der Waals surface area contributed by atoms with Gasteiger partial charge in [0.1, 0.15) is 0 Å². The third kappa shape index (κ3) is 6.42. The third-order valence-electron chi connectivity index (χ3n) is 3.63. The molecule has 4 heteroatoms. The Labute approximate surface area is 123 Å². The predicted molar refractivity (Wildman–Crippen MR) is 83.7 cm³/mol. The average Bonchev–Trinajstić information content (AvgIpc) is 2.44. The van der Waals surface area contributed by atoms with Gasteiger partial charge in [-0.1, -0.05) is 6.92 Å². The Kier molecular flexibility index (Phi) is 7.67. The van der Waals surface area contributed by atoms with Crippen LogP contribution in [0.5, 0.6) is 0 Å². The van der Waals surface area contributed by atoms with Crippen LogP contribution in [0.4, 0.5) is 0 Å². The highest BCUT2D eigenvalue weighted by molar-refractivity contribution is 5.92. The molecular weight excluding hydrogens is 252 g/mol. The van der Waals surface area contributed by atoms with E-state index in [9.17, 15) is 0 Å². The predicted octanol–water partition coefficient (Wildman–Crippen LogP) is 3.22. The zero-order chi connectivity index (χ0) is 15.0. The summed E-state index contributed by atoms with van der Waals surface area (Å²) in [5, 5.41) is 13.6. The highest BCUT2D eigenvalue weighted by atomic mass is 16.5. The smallest absolute Gasteiger partial charge is 0.0979 e. The Hall–Kier alpha value is -1.03. The van der Waals surface area contributed by atoms with Crippen LogP contribution in [0.15, 0.2) is 16.9 Å². The molecule has 1 fully saturated rings. The zero-order valence-corrected chi connectivity index (χ0v) is 13.4. The lowest BCUT2D eigenvalue weighted by molar-refractivity contribution is 0.142. The van der Waals surface area contributed by atoms with E-state index in [1.807, 2.05) is 26.8 Å². The Morgan fingerprint density at radius 1 is 1.35 bits per heavy atom. The van der Waals surface area contributed by atoms with Crippen LogP contribution in [0.2, 0.25) is 0 Å². The minimum atomic E-state index is 0.204. The molecule has 0 heterocycles. The summed E-state index contributed by atoms with van der Waals surface area (Å²) < 4.78 is 5.72. The van der Waals surface area contributed by atoms with Crippen molar-refractivity contribution in [2.24, 2.45) is 11.0 Å². The van der Waals surface area contributed by atoms with Gasteiger partial charge in [0.25, 0.3) is 0 Å². The maximum absolute atomic E-state index is 9.12. The quantitative estimate of drug-likeness (QED) is 0.428. The van der Waals surface area contributed by atoms with Crippen molar-refractivity contribution >= 4 is 5.71 Å². The standard InChI is InChI=1S/C16H30N2O2/c1-5-16(20-12(2)3)10-13(4)17-18-15-8-6-14(11-19)7-9-15/h10,12,14-15,18-19H,5-9,11H2,1-4H3/b16-10+,17-13+/t14-,15-. The number of hydrogen-bond donors (Lipinski definition) is 2. The van der Waals surface area contributed by atoms with Crippen molar-refractivity contribution < 1.29 is 9.84 Å². The van der Waals surface area contributed by atoms with Gasteiger partial charge in [0.15, 0.2) is 0 Å². The highest BCUT2D eigenvalue weighted by Gasteiger charge is 2.19. The van der Waals surface area contributed by atoms with Crippen molar-refractivity contribution in [2.45, 2.75) is 71.9 Å². The van der Waals surface area contributed by atoms with Crippen LogP contribution in [0, 0.1) is 5.92 Å². The molecule has 0 amide bonds. The van der Waals surface area contributed by atoms with Gasteiger partial charge in [-0.25, -0.2) is 0 Å². The molecule has 0 aliphatic heterocycles. The maximum Gasteiger partial charge on any atom is 0.0979 e. The van der Waals surface area contributed by atoms with E-state index in [-0.39, 0.29) is 6.10 Å². The van der Waals surface area contributed by atoms with E-state index in [2.05, 4.69) is 17.5 Å².